The molecule has 2 aromatic rings. The molecule has 3 rings (SSSR count). The number of nitro groups is 1. The molecule has 0 bridgehead atoms. The molecule has 0 aliphatic carbocycles. The lowest BCUT2D eigenvalue weighted by Gasteiger charge is -2.25. The summed E-state index contributed by atoms with van der Waals surface area (Å²) in [6.45, 7) is 1.03. The van der Waals surface area contributed by atoms with E-state index in [1.807, 2.05) is 12.1 Å². The Labute approximate surface area is 143 Å². The van der Waals surface area contributed by atoms with Crippen LogP contribution in [0.5, 0.6) is 11.5 Å². The molecule has 0 fully saturated rings. The molecule has 1 amide bonds. The number of fused-ring (bicyclic) bond motifs is 1. The quantitative estimate of drug-likeness (QED) is 0.472. The summed E-state index contributed by atoms with van der Waals surface area (Å²) in [5.74, 6) is 0.935. The van der Waals surface area contributed by atoms with E-state index in [2.05, 4.69) is 10.6 Å². The maximum atomic E-state index is 12.1. The first kappa shape index (κ1) is 16.6. The van der Waals surface area contributed by atoms with Crippen LogP contribution in [0.2, 0.25) is 0 Å². The summed E-state index contributed by atoms with van der Waals surface area (Å²) in [5.41, 5.74) is 0.777. The summed E-state index contributed by atoms with van der Waals surface area (Å²) in [6, 6.07) is 13.3. The molecule has 8 heteroatoms. The molecule has 2 N–H and O–H groups in total. The molecule has 1 heterocycles. The van der Waals surface area contributed by atoms with Gasteiger partial charge in [0.15, 0.2) is 11.5 Å². The van der Waals surface area contributed by atoms with Gasteiger partial charge in [-0.1, -0.05) is 12.1 Å². The number of anilines is 1. The molecule has 130 valence electrons. The zero-order valence-corrected chi connectivity index (χ0v) is 13.3. The second kappa shape index (κ2) is 7.52. The highest BCUT2D eigenvalue weighted by molar-refractivity contribution is 5.81. The number of carbonyl (C=O) groups excluding carboxylic acids is 1. The monoisotopic (exact) mass is 343 g/mol. The average molecular weight is 343 g/mol. The number of hydrogen-bond acceptors (Lipinski definition) is 6. The van der Waals surface area contributed by atoms with Crippen LogP contribution in [0.4, 0.5) is 11.4 Å². The highest BCUT2D eigenvalue weighted by atomic mass is 16.6. The fraction of sp³-hybridized carbons (Fsp3) is 0.235. The van der Waals surface area contributed by atoms with Crippen LogP contribution in [-0.4, -0.2) is 36.6 Å². The third-order valence-corrected chi connectivity index (χ3v) is 3.63. The molecule has 0 spiro atoms. The first-order valence-corrected chi connectivity index (χ1v) is 7.78. The largest absolute Gasteiger partial charge is 0.485 e. The van der Waals surface area contributed by atoms with Crippen molar-refractivity contribution >= 4 is 17.3 Å². The molecule has 2 aromatic carbocycles. The van der Waals surface area contributed by atoms with Gasteiger partial charge >= 0.3 is 0 Å². The fourth-order valence-electron chi connectivity index (χ4n) is 2.36. The molecule has 1 aliphatic heterocycles. The molecule has 0 radical (unpaired) electrons. The number of nitro benzene ring substituents is 1. The van der Waals surface area contributed by atoms with Crippen LogP contribution in [0.15, 0.2) is 48.5 Å². The lowest BCUT2D eigenvalue weighted by Crippen LogP contribution is -2.45. The minimum atomic E-state index is -0.686. The summed E-state index contributed by atoms with van der Waals surface area (Å²) < 4.78 is 11.1. The van der Waals surface area contributed by atoms with Gasteiger partial charge in [0.1, 0.15) is 6.61 Å². The number of carbonyl (C=O) groups is 1. The Morgan fingerprint density at radius 2 is 1.84 bits per heavy atom. The highest BCUT2D eigenvalue weighted by Crippen LogP contribution is 2.30. The third-order valence-electron chi connectivity index (χ3n) is 3.63. The van der Waals surface area contributed by atoms with Crippen molar-refractivity contribution in [2.24, 2.45) is 0 Å². The Morgan fingerprint density at radius 1 is 1.12 bits per heavy atom. The van der Waals surface area contributed by atoms with Gasteiger partial charge in [0, 0.05) is 30.9 Å². The van der Waals surface area contributed by atoms with Crippen molar-refractivity contribution in [2.75, 3.05) is 25.0 Å². The van der Waals surface area contributed by atoms with E-state index in [0.717, 1.165) is 5.69 Å². The highest BCUT2D eigenvalue weighted by Gasteiger charge is 2.26. The van der Waals surface area contributed by atoms with Crippen LogP contribution in [0.25, 0.3) is 0 Å². The number of amides is 1. The van der Waals surface area contributed by atoms with Crippen molar-refractivity contribution in [3.63, 3.8) is 0 Å². The van der Waals surface area contributed by atoms with Crippen LogP contribution in [0, 0.1) is 10.1 Å². The number of non-ortho nitro benzene ring substituents is 1. The lowest BCUT2D eigenvalue weighted by molar-refractivity contribution is -0.384. The zero-order valence-electron chi connectivity index (χ0n) is 13.3. The molecule has 25 heavy (non-hydrogen) atoms. The van der Waals surface area contributed by atoms with E-state index >= 15 is 0 Å². The van der Waals surface area contributed by atoms with E-state index in [1.165, 1.54) is 12.1 Å². The zero-order chi connectivity index (χ0) is 17.6. The summed E-state index contributed by atoms with van der Waals surface area (Å²) in [6.07, 6.45) is -0.686. The summed E-state index contributed by atoms with van der Waals surface area (Å²) in [4.78, 5) is 22.3. The molecule has 8 nitrogen and oxygen atoms in total. The first-order chi connectivity index (χ1) is 12.1. The lowest BCUT2D eigenvalue weighted by atomic mass is 10.2. The first-order valence-electron chi connectivity index (χ1n) is 7.78. The smallest absolute Gasteiger partial charge is 0.269 e. The van der Waals surface area contributed by atoms with Crippen molar-refractivity contribution in [3.05, 3.63) is 58.6 Å². The summed E-state index contributed by atoms with van der Waals surface area (Å²) in [7, 11) is 0. The van der Waals surface area contributed by atoms with E-state index in [4.69, 9.17) is 9.47 Å². The van der Waals surface area contributed by atoms with Crippen LogP contribution < -0.4 is 20.1 Å². The minimum Gasteiger partial charge on any atom is -0.485 e. The van der Waals surface area contributed by atoms with E-state index in [1.54, 1.807) is 24.3 Å². The molecular weight excluding hydrogens is 326 g/mol. The standard InChI is InChI=1S/C17H17N3O5/c21-17(16-11-24-14-3-1-2-4-15(14)25-16)19-10-9-18-12-5-7-13(8-6-12)20(22)23/h1-8,16,18H,9-11H2,(H,19,21)/t16-/m0/s1. The summed E-state index contributed by atoms with van der Waals surface area (Å²) >= 11 is 0. The normalized spacial score (nSPS) is 15.3. The van der Waals surface area contributed by atoms with Crippen molar-refractivity contribution in [1.29, 1.82) is 0 Å². The predicted molar refractivity (Wildman–Crippen MR) is 90.9 cm³/mol. The SMILES string of the molecule is O=C(NCCNc1ccc([N+](=O)[O-])cc1)[C@@H]1COc2ccccc2O1. The van der Waals surface area contributed by atoms with Crippen molar-refractivity contribution in [1.82, 2.24) is 5.32 Å². The maximum Gasteiger partial charge on any atom is 0.269 e. The van der Waals surface area contributed by atoms with Gasteiger partial charge in [0.2, 0.25) is 6.10 Å². The minimum absolute atomic E-state index is 0.0357. The molecule has 0 unspecified atom stereocenters. The van der Waals surface area contributed by atoms with Gasteiger partial charge in [-0.25, -0.2) is 0 Å². The van der Waals surface area contributed by atoms with Gasteiger partial charge in [-0.3, -0.25) is 14.9 Å². The molecular formula is C17H17N3O5. The average Bonchev–Trinajstić information content (AvgIpc) is 2.65. The number of rotatable bonds is 6. The second-order valence-corrected chi connectivity index (χ2v) is 5.39. The van der Waals surface area contributed by atoms with E-state index < -0.39 is 11.0 Å². The Kier molecular flexibility index (Phi) is 4.98. The van der Waals surface area contributed by atoms with Gasteiger partial charge in [0.05, 0.1) is 4.92 Å². The van der Waals surface area contributed by atoms with Gasteiger partial charge < -0.3 is 20.1 Å². The number of nitrogens with one attached hydrogen (secondary N) is 2. The Bertz CT molecular complexity index is 763. The van der Waals surface area contributed by atoms with Gasteiger partial charge in [-0.2, -0.15) is 0 Å². The second-order valence-electron chi connectivity index (χ2n) is 5.39. The number of nitrogens with zero attached hydrogens (tertiary/aromatic N) is 1. The number of ether oxygens (including phenoxy) is 2. The molecule has 0 aromatic heterocycles. The Hall–Kier alpha value is -3.29. The van der Waals surface area contributed by atoms with Gasteiger partial charge in [-0.15, -0.1) is 0 Å². The topological polar surface area (TPSA) is 103 Å². The van der Waals surface area contributed by atoms with Crippen molar-refractivity contribution < 1.29 is 19.2 Å². The molecule has 0 saturated carbocycles. The van der Waals surface area contributed by atoms with Crippen LogP contribution in [-0.2, 0) is 4.79 Å². The molecule has 1 atom stereocenters. The van der Waals surface area contributed by atoms with E-state index in [9.17, 15) is 14.9 Å². The maximum absolute atomic E-state index is 12.1. The Morgan fingerprint density at radius 3 is 2.56 bits per heavy atom. The number of benzene rings is 2. The number of hydrogen-bond donors (Lipinski definition) is 2. The Balaban J connectivity index is 1.42. The fourth-order valence-corrected chi connectivity index (χ4v) is 2.36. The molecule has 0 saturated heterocycles. The van der Waals surface area contributed by atoms with Crippen LogP contribution >= 0.6 is 0 Å². The third kappa shape index (κ3) is 4.17. The van der Waals surface area contributed by atoms with Crippen molar-refractivity contribution in [3.8, 4) is 11.5 Å². The van der Waals surface area contributed by atoms with E-state index in [-0.39, 0.29) is 18.2 Å². The van der Waals surface area contributed by atoms with E-state index in [0.29, 0.717) is 24.6 Å². The predicted octanol–water partition coefficient (Wildman–Crippen LogP) is 1.96. The van der Waals surface area contributed by atoms with Gasteiger partial charge in [-0.05, 0) is 24.3 Å². The van der Waals surface area contributed by atoms with Gasteiger partial charge in [0.25, 0.3) is 11.6 Å². The van der Waals surface area contributed by atoms with Crippen LogP contribution in [0.3, 0.4) is 0 Å². The van der Waals surface area contributed by atoms with Crippen molar-refractivity contribution in [2.45, 2.75) is 6.10 Å². The molecule has 1 aliphatic rings. The summed E-state index contributed by atoms with van der Waals surface area (Å²) in [5, 5.41) is 16.4. The van der Waals surface area contributed by atoms with Crippen LogP contribution in [0.1, 0.15) is 0 Å². The number of para-hydroxylation sites is 2.